The minimum atomic E-state index is 0.328. The molecular formula is C13H14BrN3O2. The van der Waals surface area contributed by atoms with Gasteiger partial charge < -0.3 is 9.47 Å². The number of hydrogen-bond acceptors (Lipinski definition) is 5. The highest BCUT2D eigenvalue weighted by atomic mass is 79.9. The molecule has 19 heavy (non-hydrogen) atoms. The zero-order valence-corrected chi connectivity index (χ0v) is 12.1. The fraction of sp³-hybridized carbons (Fsp3) is 0.308. The summed E-state index contributed by atoms with van der Waals surface area (Å²) in [6, 6.07) is 4.33. The topological polar surface area (TPSA) is 57.1 Å². The SMILES string of the molecule is COc1nc(OCCCc2ccncc2)ncc1Br. The maximum Gasteiger partial charge on any atom is 0.319 e. The largest absolute Gasteiger partial charge is 0.480 e. The third kappa shape index (κ3) is 4.17. The summed E-state index contributed by atoms with van der Waals surface area (Å²) in [6.07, 6.45) is 7.03. The summed E-state index contributed by atoms with van der Waals surface area (Å²) in [4.78, 5) is 12.2. The number of aryl methyl sites for hydroxylation is 1. The molecule has 0 N–H and O–H groups in total. The Kier molecular flexibility index (Phi) is 5.09. The van der Waals surface area contributed by atoms with E-state index in [9.17, 15) is 0 Å². The smallest absolute Gasteiger partial charge is 0.319 e. The van der Waals surface area contributed by atoms with Crippen LogP contribution in [0, 0.1) is 0 Å². The Morgan fingerprint density at radius 1 is 1.26 bits per heavy atom. The Labute approximate surface area is 120 Å². The molecule has 2 rings (SSSR count). The average Bonchev–Trinajstić information content (AvgIpc) is 2.46. The van der Waals surface area contributed by atoms with Gasteiger partial charge in [0.2, 0.25) is 5.88 Å². The van der Waals surface area contributed by atoms with Crippen molar-refractivity contribution in [3.63, 3.8) is 0 Å². The van der Waals surface area contributed by atoms with Crippen molar-refractivity contribution in [2.24, 2.45) is 0 Å². The van der Waals surface area contributed by atoms with Gasteiger partial charge in [0.15, 0.2) is 0 Å². The van der Waals surface area contributed by atoms with Crippen molar-refractivity contribution in [1.82, 2.24) is 15.0 Å². The second-order valence-electron chi connectivity index (χ2n) is 3.82. The van der Waals surface area contributed by atoms with E-state index in [4.69, 9.17) is 9.47 Å². The molecule has 2 aromatic rings. The molecule has 0 unspecified atom stereocenters. The van der Waals surface area contributed by atoms with Crippen LogP contribution in [0.5, 0.6) is 11.9 Å². The molecule has 2 heterocycles. The molecule has 0 bridgehead atoms. The van der Waals surface area contributed by atoms with Crippen molar-refractivity contribution in [1.29, 1.82) is 0 Å². The van der Waals surface area contributed by atoms with Gasteiger partial charge in [0.25, 0.3) is 0 Å². The summed E-state index contributed by atoms with van der Waals surface area (Å²) in [5, 5.41) is 0. The van der Waals surface area contributed by atoms with Gasteiger partial charge in [0.05, 0.1) is 24.4 Å². The highest BCUT2D eigenvalue weighted by Crippen LogP contribution is 2.22. The fourth-order valence-electron chi connectivity index (χ4n) is 1.54. The van der Waals surface area contributed by atoms with Crippen LogP contribution in [0.25, 0.3) is 0 Å². The zero-order chi connectivity index (χ0) is 13.5. The molecule has 0 aliphatic heterocycles. The van der Waals surface area contributed by atoms with Crippen molar-refractivity contribution < 1.29 is 9.47 Å². The first-order chi connectivity index (χ1) is 9.29. The monoisotopic (exact) mass is 323 g/mol. The van der Waals surface area contributed by atoms with E-state index in [2.05, 4.69) is 30.9 Å². The summed E-state index contributed by atoms with van der Waals surface area (Å²) in [5.41, 5.74) is 1.24. The number of pyridine rings is 1. The summed E-state index contributed by atoms with van der Waals surface area (Å²) in [5.74, 6) is 0.471. The normalized spacial score (nSPS) is 10.2. The fourth-order valence-corrected chi connectivity index (χ4v) is 1.89. The van der Waals surface area contributed by atoms with Gasteiger partial charge in [-0.3, -0.25) is 4.98 Å². The molecule has 2 aromatic heterocycles. The number of ether oxygens (including phenoxy) is 2. The lowest BCUT2D eigenvalue weighted by Crippen LogP contribution is -2.03. The van der Waals surface area contributed by atoms with Gasteiger partial charge in [-0.25, -0.2) is 4.98 Å². The second-order valence-corrected chi connectivity index (χ2v) is 4.67. The van der Waals surface area contributed by atoms with Gasteiger partial charge in [-0.2, -0.15) is 4.98 Å². The van der Waals surface area contributed by atoms with Gasteiger partial charge in [0, 0.05) is 12.4 Å². The minimum absolute atomic E-state index is 0.328. The number of nitrogens with zero attached hydrogens (tertiary/aromatic N) is 3. The molecule has 0 saturated heterocycles. The highest BCUT2D eigenvalue weighted by Gasteiger charge is 2.05. The lowest BCUT2D eigenvalue weighted by molar-refractivity contribution is 0.279. The molecule has 0 fully saturated rings. The van der Waals surface area contributed by atoms with Crippen molar-refractivity contribution in [3.8, 4) is 11.9 Å². The molecule has 0 radical (unpaired) electrons. The van der Waals surface area contributed by atoms with Crippen molar-refractivity contribution >= 4 is 15.9 Å². The Balaban J connectivity index is 1.80. The molecule has 0 aliphatic carbocycles. The Hall–Kier alpha value is -1.69. The summed E-state index contributed by atoms with van der Waals surface area (Å²) < 4.78 is 11.3. The van der Waals surface area contributed by atoms with E-state index in [1.54, 1.807) is 25.7 Å². The molecule has 0 amide bonds. The van der Waals surface area contributed by atoms with E-state index < -0.39 is 0 Å². The van der Waals surface area contributed by atoms with Gasteiger partial charge in [-0.15, -0.1) is 0 Å². The Morgan fingerprint density at radius 2 is 2.05 bits per heavy atom. The van der Waals surface area contributed by atoms with E-state index in [0.29, 0.717) is 23.0 Å². The quantitative estimate of drug-likeness (QED) is 0.765. The summed E-state index contributed by atoms with van der Waals surface area (Å²) >= 11 is 3.29. The zero-order valence-electron chi connectivity index (χ0n) is 10.5. The molecule has 0 spiro atoms. The third-order valence-corrected chi connectivity index (χ3v) is 3.02. The molecule has 100 valence electrons. The van der Waals surface area contributed by atoms with Crippen LogP contribution in [0.4, 0.5) is 0 Å². The van der Waals surface area contributed by atoms with Gasteiger partial charge >= 0.3 is 6.01 Å². The second kappa shape index (κ2) is 7.04. The first-order valence-electron chi connectivity index (χ1n) is 5.88. The molecule has 0 aliphatic rings. The van der Waals surface area contributed by atoms with Gasteiger partial charge in [-0.05, 0) is 46.5 Å². The number of halogens is 1. The van der Waals surface area contributed by atoms with Crippen LogP contribution in [0.2, 0.25) is 0 Å². The standard InChI is InChI=1S/C13H14BrN3O2/c1-18-12-11(14)9-16-13(17-12)19-8-2-3-10-4-6-15-7-5-10/h4-7,9H,2-3,8H2,1H3. The van der Waals surface area contributed by atoms with E-state index in [0.717, 1.165) is 12.8 Å². The van der Waals surface area contributed by atoms with E-state index in [-0.39, 0.29) is 0 Å². The van der Waals surface area contributed by atoms with E-state index in [1.165, 1.54) is 5.56 Å². The molecule has 0 aromatic carbocycles. The maximum absolute atomic E-state index is 5.49. The summed E-state index contributed by atoms with van der Waals surface area (Å²) in [6.45, 7) is 0.563. The predicted molar refractivity (Wildman–Crippen MR) is 74.3 cm³/mol. The first kappa shape index (κ1) is 13.7. The van der Waals surface area contributed by atoms with Crippen molar-refractivity contribution in [2.75, 3.05) is 13.7 Å². The van der Waals surface area contributed by atoms with Crippen molar-refractivity contribution in [3.05, 3.63) is 40.8 Å². The molecule has 0 atom stereocenters. The molecule has 5 nitrogen and oxygen atoms in total. The number of rotatable bonds is 6. The molecule has 6 heteroatoms. The maximum atomic E-state index is 5.49. The van der Waals surface area contributed by atoms with E-state index >= 15 is 0 Å². The highest BCUT2D eigenvalue weighted by molar-refractivity contribution is 9.10. The van der Waals surface area contributed by atoms with Crippen LogP contribution < -0.4 is 9.47 Å². The Morgan fingerprint density at radius 3 is 2.79 bits per heavy atom. The lowest BCUT2D eigenvalue weighted by Gasteiger charge is -2.06. The van der Waals surface area contributed by atoms with Gasteiger partial charge in [0.1, 0.15) is 0 Å². The lowest BCUT2D eigenvalue weighted by atomic mass is 10.1. The number of aromatic nitrogens is 3. The predicted octanol–water partition coefficient (Wildman–Crippen LogP) is 2.65. The van der Waals surface area contributed by atoms with Gasteiger partial charge in [-0.1, -0.05) is 0 Å². The first-order valence-corrected chi connectivity index (χ1v) is 6.67. The minimum Gasteiger partial charge on any atom is -0.480 e. The van der Waals surface area contributed by atoms with E-state index in [1.807, 2.05) is 12.1 Å². The summed E-state index contributed by atoms with van der Waals surface area (Å²) in [7, 11) is 1.56. The Bertz CT molecular complexity index is 523. The van der Waals surface area contributed by atoms with Crippen molar-refractivity contribution in [2.45, 2.75) is 12.8 Å². The molecule has 0 saturated carbocycles. The van der Waals surface area contributed by atoms with Crippen LogP contribution in [0.1, 0.15) is 12.0 Å². The molecular weight excluding hydrogens is 310 g/mol. The number of hydrogen-bond donors (Lipinski definition) is 0. The third-order valence-electron chi connectivity index (χ3n) is 2.47. The number of methoxy groups -OCH3 is 1. The van der Waals surface area contributed by atoms with Crippen LogP contribution in [0.15, 0.2) is 35.2 Å². The van der Waals surface area contributed by atoms with Crippen LogP contribution in [0.3, 0.4) is 0 Å². The van der Waals surface area contributed by atoms with Crippen LogP contribution in [-0.2, 0) is 6.42 Å². The average molecular weight is 324 g/mol. The van der Waals surface area contributed by atoms with Crippen LogP contribution >= 0.6 is 15.9 Å². The van der Waals surface area contributed by atoms with Crippen LogP contribution in [-0.4, -0.2) is 28.7 Å².